The Labute approximate surface area is 229 Å². The van der Waals surface area contributed by atoms with Crippen LogP contribution in [0.25, 0.3) is 0 Å². The molecule has 0 N–H and O–H groups in total. The summed E-state index contributed by atoms with van der Waals surface area (Å²) in [6, 6.07) is 25.7. The molecule has 202 valence electrons. The minimum atomic E-state index is -2.75. The molecule has 1 fully saturated rings. The Morgan fingerprint density at radius 1 is 0.947 bits per heavy atom. The highest BCUT2D eigenvalue weighted by molar-refractivity contribution is 7.92. The van der Waals surface area contributed by atoms with Gasteiger partial charge in [-0.15, -0.1) is 0 Å². The lowest BCUT2D eigenvalue weighted by Crippen LogP contribution is -2.67. The summed E-state index contributed by atoms with van der Waals surface area (Å²) in [5.74, 6) is 0.750. The van der Waals surface area contributed by atoms with Crippen molar-refractivity contribution in [1.82, 2.24) is 0 Å². The van der Waals surface area contributed by atoms with Gasteiger partial charge < -0.3 is 23.2 Å². The van der Waals surface area contributed by atoms with Crippen molar-refractivity contribution in [2.45, 2.75) is 43.6 Å². The van der Waals surface area contributed by atoms with Crippen molar-refractivity contribution in [3.05, 3.63) is 84.4 Å². The third kappa shape index (κ3) is 5.78. The molecular formula is C30H36O6SSi. The Hall–Kier alpha value is -2.78. The molecule has 3 aromatic rings. The molecule has 3 aromatic carbocycles. The van der Waals surface area contributed by atoms with Crippen molar-refractivity contribution in [2.24, 2.45) is 0 Å². The quantitative estimate of drug-likeness (QED) is 0.224. The largest absolute Gasteiger partial charge is 0.616 e. The van der Waals surface area contributed by atoms with E-state index in [0.29, 0.717) is 35.8 Å². The molecule has 0 aliphatic carbocycles. The molecule has 3 atom stereocenters. The maximum Gasteiger partial charge on any atom is 0.342 e. The van der Waals surface area contributed by atoms with Crippen molar-refractivity contribution >= 4 is 35.8 Å². The highest BCUT2D eigenvalue weighted by Crippen LogP contribution is 2.38. The number of carbonyl (C=O) groups is 1. The number of rotatable bonds is 9. The molecule has 1 aliphatic rings. The average molecular weight is 553 g/mol. The summed E-state index contributed by atoms with van der Waals surface area (Å²) < 4.78 is 36.5. The van der Waals surface area contributed by atoms with E-state index in [4.69, 9.17) is 18.6 Å². The van der Waals surface area contributed by atoms with Gasteiger partial charge in [-0.05, 0) is 38.7 Å². The molecule has 6 nitrogen and oxygen atoms in total. The number of carbonyl (C=O) groups excluding carboxylic acids is 1. The van der Waals surface area contributed by atoms with E-state index in [-0.39, 0.29) is 10.3 Å². The number of hydrogen-bond acceptors (Lipinski definition) is 6. The maximum atomic E-state index is 13.2. The van der Waals surface area contributed by atoms with Gasteiger partial charge in [-0.3, -0.25) is 0 Å². The van der Waals surface area contributed by atoms with Gasteiger partial charge >= 0.3 is 5.97 Å². The first-order valence-electron chi connectivity index (χ1n) is 12.7. The van der Waals surface area contributed by atoms with E-state index in [1.165, 1.54) is 17.5 Å². The Morgan fingerprint density at radius 3 is 2.08 bits per heavy atom. The number of methoxy groups -OCH3 is 2. The maximum absolute atomic E-state index is 13.2. The fraction of sp³-hybridized carbons (Fsp3) is 0.367. The molecule has 0 bridgehead atoms. The van der Waals surface area contributed by atoms with Gasteiger partial charge in [0, 0.05) is 12.5 Å². The molecular weight excluding hydrogens is 516 g/mol. The van der Waals surface area contributed by atoms with E-state index in [1.54, 1.807) is 25.3 Å². The molecule has 3 unspecified atom stereocenters. The summed E-state index contributed by atoms with van der Waals surface area (Å²) >= 11 is -1.18. The first-order valence-corrected chi connectivity index (χ1v) is 16.0. The van der Waals surface area contributed by atoms with Crippen LogP contribution in [0, 0.1) is 0 Å². The third-order valence-corrected chi connectivity index (χ3v) is 13.8. The second-order valence-electron chi connectivity index (χ2n) is 10.5. The van der Waals surface area contributed by atoms with Crippen LogP contribution < -0.4 is 19.8 Å². The van der Waals surface area contributed by atoms with Gasteiger partial charge in [0.05, 0.1) is 20.8 Å². The molecule has 4 rings (SSSR count). The van der Waals surface area contributed by atoms with Crippen LogP contribution in [0.1, 0.15) is 37.6 Å². The fourth-order valence-electron chi connectivity index (χ4n) is 5.18. The van der Waals surface area contributed by atoms with Gasteiger partial charge in [0.15, 0.2) is 6.10 Å². The number of hydrogen-bond donors (Lipinski definition) is 0. The Kier molecular flexibility index (Phi) is 8.87. The summed E-state index contributed by atoms with van der Waals surface area (Å²) in [6.45, 7) is 6.99. The third-order valence-electron chi connectivity index (χ3n) is 7.05. The molecule has 0 aromatic heterocycles. The SMILES string of the molecule is COc1ccc(C(=O)OC2CC(CO[Si](c3ccccc3)(c3ccccc3)C(C)(C)C)[S+]([O-])C2)c(OC)c1. The van der Waals surface area contributed by atoms with E-state index < -0.39 is 31.6 Å². The average Bonchev–Trinajstić information content (AvgIpc) is 3.27. The summed E-state index contributed by atoms with van der Waals surface area (Å²) in [4.78, 5) is 12.9. The molecule has 0 spiro atoms. The van der Waals surface area contributed by atoms with Crippen molar-refractivity contribution < 1.29 is 28.0 Å². The number of benzene rings is 3. The summed E-state index contributed by atoms with van der Waals surface area (Å²) in [7, 11) is 0.300. The lowest BCUT2D eigenvalue weighted by molar-refractivity contribution is 0.0338. The summed E-state index contributed by atoms with van der Waals surface area (Å²) in [6.07, 6.45) is 0.0255. The number of esters is 1. The zero-order valence-corrected chi connectivity index (χ0v) is 24.5. The van der Waals surface area contributed by atoms with Crippen molar-refractivity contribution in [1.29, 1.82) is 0 Å². The van der Waals surface area contributed by atoms with E-state index in [9.17, 15) is 9.35 Å². The number of ether oxygens (including phenoxy) is 3. The van der Waals surface area contributed by atoms with E-state index in [1.807, 2.05) is 36.4 Å². The first kappa shape index (κ1) is 28.2. The molecule has 0 radical (unpaired) electrons. The fourth-order valence-corrected chi connectivity index (χ4v) is 11.4. The van der Waals surface area contributed by atoms with Crippen LogP contribution in [0.15, 0.2) is 78.9 Å². The molecule has 8 heteroatoms. The zero-order valence-electron chi connectivity index (χ0n) is 22.6. The van der Waals surface area contributed by atoms with Gasteiger partial charge in [-0.2, -0.15) is 0 Å². The van der Waals surface area contributed by atoms with E-state index in [2.05, 4.69) is 45.0 Å². The van der Waals surface area contributed by atoms with Crippen LogP contribution in [-0.2, 0) is 20.3 Å². The second-order valence-corrected chi connectivity index (χ2v) is 16.5. The Bertz CT molecular complexity index is 1170. The van der Waals surface area contributed by atoms with Crippen LogP contribution in [0.2, 0.25) is 5.04 Å². The monoisotopic (exact) mass is 552 g/mol. The Morgan fingerprint density at radius 2 is 1.55 bits per heavy atom. The predicted octanol–water partition coefficient (Wildman–Crippen LogP) is 4.33. The second kappa shape index (κ2) is 11.9. The van der Waals surface area contributed by atoms with Crippen LogP contribution in [0.4, 0.5) is 0 Å². The molecule has 1 saturated heterocycles. The topological polar surface area (TPSA) is 77.1 Å². The predicted molar refractivity (Wildman–Crippen MR) is 154 cm³/mol. The molecule has 1 aliphatic heterocycles. The molecule has 1 heterocycles. The van der Waals surface area contributed by atoms with Gasteiger partial charge in [0.1, 0.15) is 28.1 Å². The molecule has 0 saturated carbocycles. The summed E-state index contributed by atoms with van der Waals surface area (Å²) in [5, 5.41) is 1.95. The zero-order chi connectivity index (χ0) is 27.3. The van der Waals surface area contributed by atoms with Crippen molar-refractivity contribution in [3.63, 3.8) is 0 Å². The lowest BCUT2D eigenvalue weighted by atomic mass is 10.2. The van der Waals surface area contributed by atoms with Gasteiger partial charge in [-0.25, -0.2) is 4.79 Å². The minimum Gasteiger partial charge on any atom is -0.616 e. The van der Waals surface area contributed by atoms with E-state index in [0.717, 1.165) is 0 Å². The van der Waals surface area contributed by atoms with Crippen molar-refractivity contribution in [3.8, 4) is 11.5 Å². The van der Waals surface area contributed by atoms with Gasteiger partial charge in [0.2, 0.25) is 0 Å². The smallest absolute Gasteiger partial charge is 0.342 e. The highest BCUT2D eigenvalue weighted by atomic mass is 32.2. The van der Waals surface area contributed by atoms with Gasteiger partial charge in [0.25, 0.3) is 8.32 Å². The lowest BCUT2D eigenvalue weighted by Gasteiger charge is -2.43. The summed E-state index contributed by atoms with van der Waals surface area (Å²) in [5.41, 5.74) is 0.311. The standard InChI is InChI=1S/C30H36O6SSi/c1-30(2,3)38(25-12-8-6-9-13-25,26-14-10-7-11-15-26)35-20-24-18-23(21-37(24)32)36-29(31)27-17-16-22(33-4)19-28(27)34-5/h6-17,19,23-24H,18,20-21H2,1-5H3. The molecule has 38 heavy (non-hydrogen) atoms. The van der Waals surface area contributed by atoms with Gasteiger partial charge in [-0.1, -0.05) is 81.4 Å². The minimum absolute atomic E-state index is 0.174. The van der Waals surface area contributed by atoms with Crippen LogP contribution in [0.3, 0.4) is 0 Å². The van der Waals surface area contributed by atoms with E-state index >= 15 is 0 Å². The first-order chi connectivity index (χ1) is 18.2. The van der Waals surface area contributed by atoms with Crippen LogP contribution in [-0.4, -0.2) is 56.8 Å². The highest BCUT2D eigenvalue weighted by Gasteiger charge is 2.51. The van der Waals surface area contributed by atoms with Crippen LogP contribution >= 0.6 is 0 Å². The normalized spacial score (nSPS) is 19.7. The molecule has 0 amide bonds. The Balaban J connectivity index is 1.52. The van der Waals surface area contributed by atoms with Crippen molar-refractivity contribution in [2.75, 3.05) is 26.6 Å². The van der Waals surface area contributed by atoms with Crippen LogP contribution in [0.5, 0.6) is 11.5 Å².